The van der Waals surface area contributed by atoms with Crippen molar-refractivity contribution in [1.29, 1.82) is 0 Å². The maximum atomic E-state index is 0. The van der Waals surface area contributed by atoms with Crippen LogP contribution in [0.1, 0.15) is 0 Å². The Kier molecular flexibility index (Phi) is 575. The van der Waals surface area contributed by atoms with Gasteiger partial charge in [0.15, 0.2) is 0 Å². The minimum Gasteiger partial charge on any atom is -2.00 e. The summed E-state index contributed by atoms with van der Waals surface area (Å²) in [6, 6.07) is 0. The molecule has 0 saturated heterocycles. The fourth-order valence-corrected chi connectivity index (χ4v) is 0. The number of hydrogen-bond acceptors (Lipinski definition) is 0. The standard InChI is InChI=1S/Mn.2O.Pd/q;2*-2;. The van der Waals surface area contributed by atoms with Gasteiger partial charge in [0.2, 0.25) is 0 Å². The van der Waals surface area contributed by atoms with E-state index in [1.807, 2.05) is 0 Å². The second kappa shape index (κ2) is 32.5. The molecule has 4 heavy (non-hydrogen) atoms. The molecule has 0 spiro atoms. The molecule has 0 fully saturated rings. The molecule has 1 radical (unpaired) electrons. The minimum absolute atomic E-state index is 0. The molecule has 0 amide bonds. The van der Waals surface area contributed by atoms with Crippen molar-refractivity contribution in [2.45, 2.75) is 0 Å². The summed E-state index contributed by atoms with van der Waals surface area (Å²) in [7, 11) is 0. The van der Waals surface area contributed by atoms with Crippen molar-refractivity contribution in [3.63, 3.8) is 0 Å². The monoisotopic (exact) mass is 193 g/mol. The number of rotatable bonds is 0. The van der Waals surface area contributed by atoms with Crippen LogP contribution in [0.25, 0.3) is 0 Å². The average molecular weight is 193 g/mol. The van der Waals surface area contributed by atoms with E-state index in [1.54, 1.807) is 0 Å². The predicted molar refractivity (Wildman–Crippen MR) is 1.37 cm³/mol. The molecule has 0 aromatic heterocycles. The van der Waals surface area contributed by atoms with Gasteiger partial charge < -0.3 is 11.0 Å². The summed E-state index contributed by atoms with van der Waals surface area (Å²) in [5.74, 6) is 0. The largest absolute Gasteiger partial charge is 2.00 e. The van der Waals surface area contributed by atoms with Crippen LogP contribution in [0, 0.1) is 0 Å². The van der Waals surface area contributed by atoms with Crippen LogP contribution in [0.5, 0.6) is 0 Å². The molecule has 0 aliphatic carbocycles. The first-order valence-electron chi connectivity index (χ1n) is 0. The topological polar surface area (TPSA) is 57.0 Å². The van der Waals surface area contributed by atoms with Crippen molar-refractivity contribution >= 4 is 0 Å². The van der Waals surface area contributed by atoms with Gasteiger partial charge in [0.1, 0.15) is 0 Å². The van der Waals surface area contributed by atoms with Crippen LogP contribution >= 0.6 is 0 Å². The molecule has 0 atom stereocenters. The number of hydrogen-bond donors (Lipinski definition) is 0. The predicted octanol–water partition coefficient (Wildman–Crippen LogP) is -0.243. The van der Waals surface area contributed by atoms with Gasteiger partial charge in [-0.2, -0.15) is 0 Å². The second-order valence-corrected chi connectivity index (χ2v) is 0. The molecule has 2 nitrogen and oxygen atoms in total. The summed E-state index contributed by atoms with van der Waals surface area (Å²) >= 11 is 0. The summed E-state index contributed by atoms with van der Waals surface area (Å²) in [4.78, 5) is 0. The van der Waals surface area contributed by atoms with Crippen molar-refractivity contribution in [2.75, 3.05) is 0 Å². The van der Waals surface area contributed by atoms with Crippen molar-refractivity contribution in [3.8, 4) is 0 Å². The molecule has 0 aliphatic rings. The Morgan fingerprint density at radius 1 is 0.750 bits per heavy atom. The van der Waals surface area contributed by atoms with Crippen molar-refractivity contribution < 1.29 is 48.4 Å². The van der Waals surface area contributed by atoms with E-state index in [0.717, 1.165) is 0 Å². The van der Waals surface area contributed by atoms with Gasteiger partial charge >= 0.3 is 0 Å². The SMILES string of the molecule is [Mn].[O-2].[O-2].[Pd]. The minimum atomic E-state index is 0. The molecule has 4 heteroatoms. The van der Waals surface area contributed by atoms with Gasteiger partial charge in [0, 0.05) is 37.5 Å². The van der Waals surface area contributed by atoms with Crippen molar-refractivity contribution in [2.24, 2.45) is 0 Å². The Morgan fingerprint density at radius 3 is 0.750 bits per heavy atom. The van der Waals surface area contributed by atoms with Crippen molar-refractivity contribution in [1.82, 2.24) is 0 Å². The van der Waals surface area contributed by atoms with E-state index in [9.17, 15) is 0 Å². The smallest absolute Gasteiger partial charge is 0 e. The van der Waals surface area contributed by atoms with Crippen LogP contribution in [0.2, 0.25) is 0 Å². The quantitative estimate of drug-likeness (QED) is 0.477. The zero-order chi connectivity index (χ0) is 0. The van der Waals surface area contributed by atoms with E-state index in [1.165, 1.54) is 0 Å². The molecular formula is MnO2Pd-4. The van der Waals surface area contributed by atoms with Gasteiger partial charge in [-0.1, -0.05) is 0 Å². The molecule has 0 aromatic carbocycles. The first-order chi connectivity index (χ1) is 0. The van der Waals surface area contributed by atoms with Crippen LogP contribution in [0.4, 0.5) is 0 Å². The van der Waals surface area contributed by atoms with Gasteiger partial charge in [-0.15, -0.1) is 0 Å². The maximum absolute atomic E-state index is 0. The molecule has 0 saturated carbocycles. The van der Waals surface area contributed by atoms with Crippen LogP contribution < -0.4 is 0 Å². The van der Waals surface area contributed by atoms with Gasteiger partial charge in [0.05, 0.1) is 0 Å². The zero-order valence-corrected chi connectivity index (χ0v) is 4.25. The summed E-state index contributed by atoms with van der Waals surface area (Å²) < 4.78 is 0. The van der Waals surface area contributed by atoms with E-state index in [0.29, 0.717) is 0 Å². The van der Waals surface area contributed by atoms with Gasteiger partial charge in [0.25, 0.3) is 0 Å². The van der Waals surface area contributed by atoms with Crippen LogP contribution in [0.3, 0.4) is 0 Å². The molecule has 0 heterocycles. The molecule has 0 bridgehead atoms. The Balaban J connectivity index is 0. The average Bonchev–Trinajstić information content (AvgIpc) is 0. The zero-order valence-electron chi connectivity index (χ0n) is 1.51. The fraction of sp³-hybridized carbons (Fsp3) is 0. The maximum Gasteiger partial charge on any atom is 0 e. The molecule has 0 aliphatic heterocycles. The molecule has 0 N–H and O–H groups in total. The summed E-state index contributed by atoms with van der Waals surface area (Å²) in [6.45, 7) is 0. The van der Waals surface area contributed by atoms with E-state index < -0.39 is 0 Å². The molecule has 0 unspecified atom stereocenters. The first kappa shape index (κ1) is 70.7. The first-order valence-corrected chi connectivity index (χ1v) is 0. The molecule has 0 rings (SSSR count). The van der Waals surface area contributed by atoms with Gasteiger partial charge in [-0.05, 0) is 0 Å². The van der Waals surface area contributed by atoms with E-state index >= 15 is 0 Å². The van der Waals surface area contributed by atoms with E-state index in [-0.39, 0.29) is 48.4 Å². The second-order valence-electron chi connectivity index (χ2n) is 0. The third kappa shape index (κ3) is 11.3. The Hall–Kier alpha value is 1.10. The Morgan fingerprint density at radius 2 is 0.750 bits per heavy atom. The third-order valence-corrected chi connectivity index (χ3v) is 0. The van der Waals surface area contributed by atoms with E-state index in [4.69, 9.17) is 0 Å². The van der Waals surface area contributed by atoms with Gasteiger partial charge in [-0.3, -0.25) is 0 Å². The van der Waals surface area contributed by atoms with Gasteiger partial charge in [-0.25, -0.2) is 0 Å². The molecular weight excluding hydrogens is 193 g/mol. The van der Waals surface area contributed by atoms with Crippen molar-refractivity contribution in [3.05, 3.63) is 0 Å². The van der Waals surface area contributed by atoms with Crippen LogP contribution in [0.15, 0.2) is 0 Å². The Labute approximate surface area is 48.7 Å². The Bertz CT molecular complexity index is 6.00. The summed E-state index contributed by atoms with van der Waals surface area (Å²) in [5, 5.41) is 0. The third-order valence-electron chi connectivity index (χ3n) is 0. The van der Waals surface area contributed by atoms with Crippen LogP contribution in [-0.4, -0.2) is 0 Å². The molecule has 33 valence electrons. The van der Waals surface area contributed by atoms with E-state index in [2.05, 4.69) is 0 Å². The summed E-state index contributed by atoms with van der Waals surface area (Å²) in [5.41, 5.74) is 0. The summed E-state index contributed by atoms with van der Waals surface area (Å²) in [6.07, 6.45) is 0. The normalized spacial score (nSPS) is 0. The fourth-order valence-electron chi connectivity index (χ4n) is 0. The van der Waals surface area contributed by atoms with Crippen LogP contribution in [-0.2, 0) is 48.4 Å². The molecule has 0 aromatic rings.